The Morgan fingerprint density at radius 1 is 1.04 bits per heavy atom. The average molecular weight is 334 g/mol. The lowest BCUT2D eigenvalue weighted by molar-refractivity contribution is -0.117. The molecule has 0 saturated heterocycles. The summed E-state index contributed by atoms with van der Waals surface area (Å²) in [5, 5.41) is 2.65. The first-order chi connectivity index (χ1) is 11.0. The fraction of sp³-hybridized carbons (Fsp3) is 0.188. The molecule has 0 spiro atoms. The lowest BCUT2D eigenvalue weighted by atomic mass is 10.2. The first-order valence-electron chi connectivity index (χ1n) is 7.05. The molecule has 1 unspecified atom stereocenters. The van der Waals surface area contributed by atoms with Crippen molar-refractivity contribution >= 4 is 21.7 Å². The van der Waals surface area contributed by atoms with Gasteiger partial charge in [-0.25, -0.2) is 0 Å². The monoisotopic (exact) mass is 334 g/mol. The van der Waals surface area contributed by atoms with E-state index in [1.165, 1.54) is 12.1 Å². The minimum absolute atomic E-state index is 0.0716. The number of anilines is 1. The summed E-state index contributed by atoms with van der Waals surface area (Å²) in [6, 6.07) is 15.8. The molecule has 0 radical (unpaired) electrons. The largest absolute Gasteiger partial charge is 0.325 e. The number of nitrogens with two attached hydrogens (primary N) is 1. The Labute approximate surface area is 135 Å². The summed E-state index contributed by atoms with van der Waals surface area (Å²) in [5.41, 5.74) is 6.38. The van der Waals surface area contributed by atoms with Gasteiger partial charge in [-0.3, -0.25) is 8.98 Å². The van der Waals surface area contributed by atoms with Crippen LogP contribution in [0.5, 0.6) is 0 Å². The van der Waals surface area contributed by atoms with E-state index >= 15 is 0 Å². The van der Waals surface area contributed by atoms with E-state index in [4.69, 9.17) is 9.92 Å². The van der Waals surface area contributed by atoms with Gasteiger partial charge in [-0.2, -0.15) is 8.42 Å². The fourth-order valence-electron chi connectivity index (χ4n) is 1.83. The number of nitrogens with one attached hydrogen (secondary N) is 1. The molecule has 0 aliphatic carbocycles. The van der Waals surface area contributed by atoms with Gasteiger partial charge in [0.15, 0.2) is 0 Å². The van der Waals surface area contributed by atoms with Crippen molar-refractivity contribution in [3.8, 4) is 0 Å². The van der Waals surface area contributed by atoms with Crippen LogP contribution in [0, 0.1) is 0 Å². The van der Waals surface area contributed by atoms with Gasteiger partial charge in [-0.1, -0.05) is 36.4 Å². The maximum atomic E-state index is 11.9. The van der Waals surface area contributed by atoms with Crippen LogP contribution in [0.25, 0.3) is 0 Å². The van der Waals surface area contributed by atoms with E-state index in [9.17, 15) is 13.2 Å². The minimum Gasteiger partial charge on any atom is -0.325 e. The van der Waals surface area contributed by atoms with Crippen molar-refractivity contribution in [2.24, 2.45) is 5.73 Å². The van der Waals surface area contributed by atoms with Crippen molar-refractivity contribution < 1.29 is 17.4 Å². The molecule has 23 heavy (non-hydrogen) atoms. The molecule has 0 heterocycles. The maximum Gasteiger partial charge on any atom is 0.296 e. The summed E-state index contributed by atoms with van der Waals surface area (Å²) in [4.78, 5) is 12.0. The van der Waals surface area contributed by atoms with E-state index in [0.29, 0.717) is 5.69 Å². The molecule has 1 atom stereocenters. The van der Waals surface area contributed by atoms with Crippen molar-refractivity contribution in [2.75, 3.05) is 11.9 Å². The SMILES string of the molecule is NC(CCOS(=O)(=O)c1ccccc1)C(=O)Nc1ccccc1. The summed E-state index contributed by atoms with van der Waals surface area (Å²) in [7, 11) is -3.83. The number of carbonyl (C=O) groups excluding carboxylic acids is 1. The quantitative estimate of drug-likeness (QED) is 0.752. The molecule has 0 aromatic heterocycles. The molecule has 2 rings (SSSR count). The Kier molecular flexibility index (Phi) is 5.86. The van der Waals surface area contributed by atoms with Crippen LogP contribution in [0.4, 0.5) is 5.69 Å². The molecular formula is C16H18N2O4S. The van der Waals surface area contributed by atoms with E-state index in [1.54, 1.807) is 42.5 Å². The van der Waals surface area contributed by atoms with Crippen molar-refractivity contribution in [2.45, 2.75) is 17.4 Å². The van der Waals surface area contributed by atoms with Gasteiger partial charge in [0.05, 0.1) is 17.5 Å². The van der Waals surface area contributed by atoms with Crippen LogP contribution in [0.1, 0.15) is 6.42 Å². The highest BCUT2D eigenvalue weighted by Crippen LogP contribution is 2.12. The molecule has 6 nitrogen and oxygen atoms in total. The first-order valence-corrected chi connectivity index (χ1v) is 8.46. The second-order valence-electron chi connectivity index (χ2n) is 4.84. The summed E-state index contributed by atoms with van der Waals surface area (Å²) in [6.07, 6.45) is 0.0880. The standard InChI is InChI=1S/C16H18N2O4S/c17-15(16(19)18-13-7-3-1-4-8-13)11-12-22-23(20,21)14-9-5-2-6-10-14/h1-10,15H,11-12,17H2,(H,18,19). The Balaban J connectivity index is 1.82. The van der Waals surface area contributed by atoms with E-state index in [0.717, 1.165) is 0 Å². The highest BCUT2D eigenvalue weighted by molar-refractivity contribution is 7.86. The van der Waals surface area contributed by atoms with Crippen molar-refractivity contribution in [3.63, 3.8) is 0 Å². The molecule has 122 valence electrons. The van der Waals surface area contributed by atoms with Crippen LogP contribution in [-0.2, 0) is 19.1 Å². The van der Waals surface area contributed by atoms with Crippen LogP contribution in [-0.4, -0.2) is 27.0 Å². The van der Waals surface area contributed by atoms with E-state index < -0.39 is 22.1 Å². The molecule has 0 fully saturated rings. The van der Waals surface area contributed by atoms with Gasteiger partial charge in [-0.05, 0) is 30.7 Å². The predicted octanol–water partition coefficient (Wildman–Crippen LogP) is 1.75. The minimum atomic E-state index is -3.83. The number of benzene rings is 2. The summed E-state index contributed by atoms with van der Waals surface area (Å²) < 4.78 is 28.7. The number of hydrogen-bond acceptors (Lipinski definition) is 5. The third-order valence-electron chi connectivity index (χ3n) is 3.08. The third-order valence-corrected chi connectivity index (χ3v) is 4.40. The van der Waals surface area contributed by atoms with Gasteiger partial charge in [0, 0.05) is 5.69 Å². The maximum absolute atomic E-state index is 11.9. The smallest absolute Gasteiger partial charge is 0.296 e. The zero-order valence-corrected chi connectivity index (χ0v) is 13.2. The van der Waals surface area contributed by atoms with Crippen molar-refractivity contribution in [1.29, 1.82) is 0 Å². The van der Waals surface area contributed by atoms with Crippen LogP contribution >= 0.6 is 0 Å². The van der Waals surface area contributed by atoms with Crippen molar-refractivity contribution in [3.05, 3.63) is 60.7 Å². The third kappa shape index (κ3) is 5.17. The van der Waals surface area contributed by atoms with E-state index in [2.05, 4.69) is 5.32 Å². The lowest BCUT2D eigenvalue weighted by Gasteiger charge is -2.12. The van der Waals surface area contributed by atoms with Crippen LogP contribution in [0.15, 0.2) is 65.6 Å². The second-order valence-corrected chi connectivity index (χ2v) is 6.45. The molecule has 3 N–H and O–H groups in total. The Morgan fingerprint density at radius 2 is 1.61 bits per heavy atom. The van der Waals surface area contributed by atoms with Gasteiger partial charge < -0.3 is 11.1 Å². The van der Waals surface area contributed by atoms with Crippen LogP contribution in [0.2, 0.25) is 0 Å². The Hall–Kier alpha value is -2.22. The van der Waals surface area contributed by atoms with Crippen LogP contribution < -0.4 is 11.1 Å². The van der Waals surface area contributed by atoms with E-state index in [-0.39, 0.29) is 17.9 Å². The molecule has 2 aromatic carbocycles. The molecule has 7 heteroatoms. The zero-order valence-electron chi connectivity index (χ0n) is 12.4. The summed E-state index contributed by atoms with van der Waals surface area (Å²) >= 11 is 0. The molecule has 0 saturated carbocycles. The van der Waals surface area contributed by atoms with Gasteiger partial charge in [0.2, 0.25) is 5.91 Å². The molecule has 0 aliphatic heterocycles. The highest BCUT2D eigenvalue weighted by atomic mass is 32.2. The molecular weight excluding hydrogens is 316 g/mol. The van der Waals surface area contributed by atoms with Crippen molar-refractivity contribution in [1.82, 2.24) is 0 Å². The number of rotatable bonds is 7. The molecule has 0 aliphatic rings. The summed E-state index contributed by atoms with van der Waals surface area (Å²) in [5.74, 6) is -0.392. The Bertz CT molecular complexity index is 733. The number of para-hydroxylation sites is 1. The van der Waals surface area contributed by atoms with Gasteiger partial charge >= 0.3 is 0 Å². The zero-order chi connectivity index (χ0) is 16.7. The highest BCUT2D eigenvalue weighted by Gasteiger charge is 2.18. The predicted molar refractivity (Wildman–Crippen MR) is 87.2 cm³/mol. The number of hydrogen-bond donors (Lipinski definition) is 2. The van der Waals surface area contributed by atoms with E-state index in [1.807, 2.05) is 6.07 Å². The lowest BCUT2D eigenvalue weighted by Crippen LogP contribution is -2.36. The molecule has 2 aromatic rings. The molecule has 0 bridgehead atoms. The number of amides is 1. The topological polar surface area (TPSA) is 98.5 Å². The first kappa shape index (κ1) is 17.1. The van der Waals surface area contributed by atoms with Crippen LogP contribution in [0.3, 0.4) is 0 Å². The normalized spacial score (nSPS) is 12.6. The number of carbonyl (C=O) groups is 1. The van der Waals surface area contributed by atoms with Gasteiger partial charge in [0.1, 0.15) is 0 Å². The average Bonchev–Trinajstić information content (AvgIpc) is 2.56. The Morgan fingerprint density at radius 3 is 2.22 bits per heavy atom. The van der Waals surface area contributed by atoms with Gasteiger partial charge in [0.25, 0.3) is 10.1 Å². The summed E-state index contributed by atoms with van der Waals surface area (Å²) in [6.45, 7) is -0.166. The second kappa shape index (κ2) is 7.87. The van der Waals surface area contributed by atoms with Gasteiger partial charge in [-0.15, -0.1) is 0 Å². The molecule has 1 amide bonds. The fourth-order valence-corrected chi connectivity index (χ4v) is 2.77.